The van der Waals surface area contributed by atoms with Crippen LogP contribution in [0.4, 0.5) is 0 Å². The molecule has 0 amide bonds. The van der Waals surface area contributed by atoms with Gasteiger partial charge < -0.3 is 14.8 Å². The number of ether oxygens (including phenoxy) is 2. The first-order chi connectivity index (χ1) is 7.84. The number of rotatable bonds is 1. The Morgan fingerprint density at radius 2 is 1.94 bits per heavy atom. The van der Waals surface area contributed by atoms with Gasteiger partial charge in [-0.15, -0.1) is 0 Å². The summed E-state index contributed by atoms with van der Waals surface area (Å²) in [5.41, 5.74) is 2.73. The third kappa shape index (κ3) is 1.65. The number of benzene rings is 1. The van der Waals surface area contributed by atoms with Gasteiger partial charge in [0.25, 0.3) is 0 Å². The lowest BCUT2D eigenvalue weighted by molar-refractivity contribution is 0.171. The molecule has 2 aliphatic heterocycles. The maximum absolute atomic E-state index is 5.63. The highest BCUT2D eigenvalue weighted by Crippen LogP contribution is 2.37. The Morgan fingerprint density at radius 1 is 1.19 bits per heavy atom. The van der Waals surface area contributed by atoms with Gasteiger partial charge in [0.15, 0.2) is 11.5 Å². The molecule has 16 heavy (non-hydrogen) atoms. The first-order valence-electron chi connectivity index (χ1n) is 5.95. The van der Waals surface area contributed by atoms with Gasteiger partial charge in [0.2, 0.25) is 0 Å². The van der Waals surface area contributed by atoms with Crippen molar-refractivity contribution in [1.29, 1.82) is 0 Å². The standard InChI is InChI=1S/C13H17NO2/c1-9-6-12-13(16-5-4-15-12)7-11(9)10-2-3-14-8-10/h6-7,10,14H,2-5,8H2,1H3. The molecule has 3 nitrogen and oxygen atoms in total. The Morgan fingerprint density at radius 3 is 2.62 bits per heavy atom. The maximum Gasteiger partial charge on any atom is 0.161 e. The summed E-state index contributed by atoms with van der Waals surface area (Å²) in [5.74, 6) is 2.45. The first kappa shape index (κ1) is 9.97. The average molecular weight is 219 g/mol. The normalized spacial score (nSPS) is 23.4. The highest BCUT2D eigenvalue weighted by molar-refractivity contribution is 5.49. The summed E-state index contributed by atoms with van der Waals surface area (Å²) in [4.78, 5) is 0. The monoisotopic (exact) mass is 219 g/mol. The Labute approximate surface area is 95.8 Å². The van der Waals surface area contributed by atoms with Gasteiger partial charge in [-0.2, -0.15) is 0 Å². The summed E-state index contributed by atoms with van der Waals surface area (Å²) in [5, 5.41) is 3.41. The molecule has 1 aromatic rings. The maximum atomic E-state index is 5.63. The van der Waals surface area contributed by atoms with Crippen LogP contribution in [-0.4, -0.2) is 26.3 Å². The molecule has 1 fully saturated rings. The Balaban J connectivity index is 1.98. The predicted molar refractivity (Wildman–Crippen MR) is 62.4 cm³/mol. The minimum Gasteiger partial charge on any atom is -0.486 e. The van der Waals surface area contributed by atoms with Gasteiger partial charge >= 0.3 is 0 Å². The molecule has 86 valence electrons. The van der Waals surface area contributed by atoms with Crippen molar-refractivity contribution in [3.05, 3.63) is 23.3 Å². The van der Waals surface area contributed by atoms with Gasteiger partial charge in [0.05, 0.1) is 0 Å². The van der Waals surface area contributed by atoms with Crippen molar-refractivity contribution in [2.45, 2.75) is 19.3 Å². The van der Waals surface area contributed by atoms with Crippen molar-refractivity contribution >= 4 is 0 Å². The summed E-state index contributed by atoms with van der Waals surface area (Å²) in [6.45, 7) is 5.69. The van der Waals surface area contributed by atoms with Gasteiger partial charge in [-0.1, -0.05) is 0 Å². The van der Waals surface area contributed by atoms with E-state index in [1.54, 1.807) is 0 Å². The second-order valence-corrected chi connectivity index (χ2v) is 4.54. The SMILES string of the molecule is Cc1cc2c(cc1C1CCNC1)OCCO2. The zero-order valence-electron chi connectivity index (χ0n) is 9.58. The fourth-order valence-electron chi connectivity index (χ4n) is 2.57. The molecule has 1 saturated heterocycles. The van der Waals surface area contributed by atoms with E-state index in [1.165, 1.54) is 17.5 Å². The van der Waals surface area contributed by atoms with Crippen LogP contribution in [0.15, 0.2) is 12.1 Å². The summed E-state index contributed by atoms with van der Waals surface area (Å²) in [6.07, 6.45) is 1.22. The zero-order valence-corrected chi connectivity index (χ0v) is 9.58. The van der Waals surface area contributed by atoms with Crippen molar-refractivity contribution < 1.29 is 9.47 Å². The topological polar surface area (TPSA) is 30.5 Å². The second kappa shape index (κ2) is 3.98. The van der Waals surface area contributed by atoms with Crippen LogP contribution in [0.25, 0.3) is 0 Å². The van der Waals surface area contributed by atoms with Gasteiger partial charge in [0, 0.05) is 6.54 Å². The van der Waals surface area contributed by atoms with E-state index in [1.807, 2.05) is 0 Å². The zero-order chi connectivity index (χ0) is 11.0. The molecule has 0 radical (unpaired) electrons. The van der Waals surface area contributed by atoms with E-state index in [4.69, 9.17) is 9.47 Å². The summed E-state index contributed by atoms with van der Waals surface area (Å²) < 4.78 is 11.2. The fraction of sp³-hybridized carbons (Fsp3) is 0.538. The van der Waals surface area contributed by atoms with Crippen molar-refractivity contribution in [2.24, 2.45) is 0 Å². The van der Waals surface area contributed by atoms with Gasteiger partial charge in [-0.3, -0.25) is 0 Å². The summed E-state index contributed by atoms with van der Waals surface area (Å²) >= 11 is 0. The van der Waals surface area contributed by atoms with E-state index in [2.05, 4.69) is 24.4 Å². The molecule has 1 atom stereocenters. The van der Waals surface area contributed by atoms with Crippen LogP contribution in [0, 0.1) is 6.92 Å². The molecule has 1 N–H and O–H groups in total. The Kier molecular flexibility index (Phi) is 2.48. The number of hydrogen-bond donors (Lipinski definition) is 1. The molecular weight excluding hydrogens is 202 g/mol. The first-order valence-corrected chi connectivity index (χ1v) is 5.95. The third-order valence-corrected chi connectivity index (χ3v) is 3.43. The molecule has 0 aliphatic carbocycles. The lowest BCUT2D eigenvalue weighted by atomic mass is 9.93. The highest BCUT2D eigenvalue weighted by atomic mass is 16.6. The largest absolute Gasteiger partial charge is 0.486 e. The molecule has 0 spiro atoms. The second-order valence-electron chi connectivity index (χ2n) is 4.54. The number of aryl methyl sites for hydroxylation is 1. The van der Waals surface area contributed by atoms with E-state index in [0.717, 1.165) is 24.6 Å². The minimum absolute atomic E-state index is 0.635. The minimum atomic E-state index is 0.635. The predicted octanol–water partition coefficient (Wildman–Crippen LogP) is 1.84. The number of fused-ring (bicyclic) bond motifs is 1. The van der Waals surface area contributed by atoms with Crippen molar-refractivity contribution in [1.82, 2.24) is 5.32 Å². The van der Waals surface area contributed by atoms with Crippen molar-refractivity contribution in [3.8, 4) is 11.5 Å². The lowest BCUT2D eigenvalue weighted by Crippen LogP contribution is -2.16. The van der Waals surface area contributed by atoms with Crippen LogP contribution < -0.4 is 14.8 Å². The van der Waals surface area contributed by atoms with E-state index in [-0.39, 0.29) is 0 Å². The molecule has 1 aromatic carbocycles. The molecule has 2 heterocycles. The Bertz CT molecular complexity index is 397. The molecule has 0 bridgehead atoms. The molecule has 3 heteroatoms. The quantitative estimate of drug-likeness (QED) is 0.782. The molecule has 0 aromatic heterocycles. The molecule has 3 rings (SSSR count). The van der Waals surface area contributed by atoms with Crippen LogP contribution in [0.5, 0.6) is 11.5 Å². The molecule has 2 aliphatic rings. The lowest BCUT2D eigenvalue weighted by Gasteiger charge is -2.22. The molecule has 1 unspecified atom stereocenters. The van der Waals surface area contributed by atoms with Crippen LogP contribution >= 0.6 is 0 Å². The third-order valence-electron chi connectivity index (χ3n) is 3.43. The van der Waals surface area contributed by atoms with Crippen molar-refractivity contribution in [3.63, 3.8) is 0 Å². The van der Waals surface area contributed by atoms with Gasteiger partial charge in [0.1, 0.15) is 13.2 Å². The Hall–Kier alpha value is -1.22. The van der Waals surface area contributed by atoms with Crippen LogP contribution in [-0.2, 0) is 0 Å². The summed E-state index contributed by atoms with van der Waals surface area (Å²) in [7, 11) is 0. The average Bonchev–Trinajstić information content (AvgIpc) is 2.81. The van der Waals surface area contributed by atoms with Crippen LogP contribution in [0.1, 0.15) is 23.5 Å². The van der Waals surface area contributed by atoms with E-state index < -0.39 is 0 Å². The van der Waals surface area contributed by atoms with Crippen LogP contribution in [0.3, 0.4) is 0 Å². The van der Waals surface area contributed by atoms with E-state index in [9.17, 15) is 0 Å². The highest BCUT2D eigenvalue weighted by Gasteiger charge is 2.21. The van der Waals surface area contributed by atoms with E-state index >= 15 is 0 Å². The van der Waals surface area contributed by atoms with Gasteiger partial charge in [-0.05, 0) is 49.1 Å². The van der Waals surface area contributed by atoms with E-state index in [0.29, 0.717) is 19.1 Å². The van der Waals surface area contributed by atoms with Crippen molar-refractivity contribution in [2.75, 3.05) is 26.3 Å². The number of hydrogen-bond acceptors (Lipinski definition) is 3. The number of nitrogens with one attached hydrogen (secondary N) is 1. The molecule has 0 saturated carbocycles. The summed E-state index contributed by atoms with van der Waals surface area (Å²) in [6, 6.07) is 4.28. The van der Waals surface area contributed by atoms with Gasteiger partial charge in [-0.25, -0.2) is 0 Å². The smallest absolute Gasteiger partial charge is 0.161 e. The fourth-order valence-corrected chi connectivity index (χ4v) is 2.57. The molecular formula is C13H17NO2. The van der Waals surface area contributed by atoms with Crippen LogP contribution in [0.2, 0.25) is 0 Å².